The molecule has 0 aliphatic rings. The maximum absolute atomic E-state index is 12.2. The summed E-state index contributed by atoms with van der Waals surface area (Å²) in [6.45, 7) is 6.20. The van der Waals surface area contributed by atoms with E-state index in [1.54, 1.807) is 6.07 Å². The normalized spacial score (nSPS) is 10.6. The zero-order chi connectivity index (χ0) is 12.7. The Labute approximate surface area is 102 Å². The van der Waals surface area contributed by atoms with Crippen LogP contribution in [0.1, 0.15) is 30.6 Å². The highest BCUT2D eigenvalue weighted by atomic mass is 16.2. The molecule has 0 unspecified atom stereocenters. The van der Waals surface area contributed by atoms with E-state index in [0.717, 1.165) is 13.0 Å². The van der Waals surface area contributed by atoms with Crippen LogP contribution in [0.2, 0.25) is 0 Å². The monoisotopic (exact) mass is 236 g/mol. The van der Waals surface area contributed by atoms with Crippen LogP contribution in [0.5, 0.6) is 0 Å². The summed E-state index contributed by atoms with van der Waals surface area (Å²) in [5.41, 5.74) is 6.07. The summed E-state index contributed by atoms with van der Waals surface area (Å²) in [6.07, 6.45) is 3.85. The Morgan fingerprint density at radius 3 is 2.76 bits per heavy atom. The van der Waals surface area contributed by atoms with E-state index in [1.807, 2.05) is 4.90 Å². The Morgan fingerprint density at radius 1 is 1.47 bits per heavy atom. The number of nitrogens with two attached hydrogens (primary N) is 1. The average Bonchev–Trinajstić information content (AvgIpc) is 2.34. The molecule has 1 aromatic rings. The first kappa shape index (κ1) is 13.6. The predicted octanol–water partition coefficient (Wildman–Crippen LogP) is 0.924. The Bertz CT molecular complexity index is 340. The first-order chi connectivity index (χ1) is 8.15. The minimum Gasteiger partial charge on any atom is -0.338 e. The van der Waals surface area contributed by atoms with Gasteiger partial charge < -0.3 is 10.6 Å². The van der Waals surface area contributed by atoms with Gasteiger partial charge in [-0.25, -0.2) is 0 Å². The number of nitrogens with zero attached hydrogens (tertiary/aromatic N) is 3. The molecule has 0 atom stereocenters. The lowest BCUT2D eigenvalue weighted by Crippen LogP contribution is -2.36. The Balaban J connectivity index is 2.71. The Kier molecular flexibility index (Phi) is 5.56. The molecule has 1 heterocycles. The number of carbonyl (C=O) groups is 1. The van der Waals surface area contributed by atoms with Crippen molar-refractivity contribution < 1.29 is 4.79 Å². The quantitative estimate of drug-likeness (QED) is 0.797. The topological polar surface area (TPSA) is 72.1 Å². The van der Waals surface area contributed by atoms with Crippen molar-refractivity contribution in [2.45, 2.75) is 20.3 Å². The van der Waals surface area contributed by atoms with Crippen molar-refractivity contribution in [2.24, 2.45) is 11.7 Å². The van der Waals surface area contributed by atoms with Crippen molar-refractivity contribution in [3.63, 3.8) is 0 Å². The van der Waals surface area contributed by atoms with Crippen LogP contribution in [0.4, 0.5) is 0 Å². The van der Waals surface area contributed by atoms with Gasteiger partial charge in [0.1, 0.15) is 0 Å². The van der Waals surface area contributed by atoms with Gasteiger partial charge >= 0.3 is 0 Å². The second kappa shape index (κ2) is 6.96. The summed E-state index contributed by atoms with van der Waals surface area (Å²) in [4.78, 5) is 14.0. The second-order valence-electron chi connectivity index (χ2n) is 4.42. The molecule has 1 aromatic heterocycles. The third-order valence-electron chi connectivity index (χ3n) is 2.34. The minimum absolute atomic E-state index is 0.00190. The summed E-state index contributed by atoms with van der Waals surface area (Å²) < 4.78 is 0. The van der Waals surface area contributed by atoms with Gasteiger partial charge in [0.2, 0.25) is 0 Å². The van der Waals surface area contributed by atoms with E-state index in [0.29, 0.717) is 24.6 Å². The third kappa shape index (κ3) is 4.48. The summed E-state index contributed by atoms with van der Waals surface area (Å²) in [5.74, 6) is 0.438. The standard InChI is InChI=1S/C12H20N4O/c1-10(2)9-16(7-3-5-13)12(17)11-4-6-14-15-8-11/h4,6,8,10H,3,5,7,9,13H2,1-2H3. The van der Waals surface area contributed by atoms with E-state index in [9.17, 15) is 4.79 Å². The van der Waals surface area contributed by atoms with Gasteiger partial charge in [-0.2, -0.15) is 10.2 Å². The van der Waals surface area contributed by atoms with Crippen molar-refractivity contribution in [1.82, 2.24) is 15.1 Å². The molecule has 94 valence electrons. The first-order valence-electron chi connectivity index (χ1n) is 5.91. The maximum atomic E-state index is 12.2. The van der Waals surface area contributed by atoms with Crippen LogP contribution in [0.15, 0.2) is 18.5 Å². The van der Waals surface area contributed by atoms with Gasteiger partial charge in [0.15, 0.2) is 0 Å². The summed E-state index contributed by atoms with van der Waals surface area (Å²) in [5, 5.41) is 7.39. The molecule has 0 aliphatic heterocycles. The lowest BCUT2D eigenvalue weighted by Gasteiger charge is -2.24. The van der Waals surface area contributed by atoms with Gasteiger partial charge in [-0.1, -0.05) is 13.8 Å². The molecule has 0 bridgehead atoms. The van der Waals surface area contributed by atoms with Crippen LogP contribution < -0.4 is 5.73 Å². The van der Waals surface area contributed by atoms with Crippen LogP contribution >= 0.6 is 0 Å². The van der Waals surface area contributed by atoms with Crippen molar-refractivity contribution >= 4 is 5.91 Å². The molecule has 5 heteroatoms. The summed E-state index contributed by atoms with van der Waals surface area (Å²) in [6, 6.07) is 1.69. The smallest absolute Gasteiger partial charge is 0.255 e. The van der Waals surface area contributed by atoms with Gasteiger partial charge in [-0.3, -0.25) is 4.79 Å². The molecular weight excluding hydrogens is 216 g/mol. The molecule has 0 saturated carbocycles. The van der Waals surface area contributed by atoms with Gasteiger partial charge in [0.25, 0.3) is 5.91 Å². The lowest BCUT2D eigenvalue weighted by molar-refractivity contribution is 0.0734. The fourth-order valence-electron chi connectivity index (χ4n) is 1.60. The van der Waals surface area contributed by atoms with E-state index >= 15 is 0 Å². The fraction of sp³-hybridized carbons (Fsp3) is 0.583. The Morgan fingerprint density at radius 2 is 2.24 bits per heavy atom. The molecule has 0 aliphatic carbocycles. The molecule has 0 aromatic carbocycles. The van der Waals surface area contributed by atoms with E-state index in [2.05, 4.69) is 24.0 Å². The van der Waals surface area contributed by atoms with Gasteiger partial charge in [0.05, 0.1) is 18.0 Å². The van der Waals surface area contributed by atoms with E-state index < -0.39 is 0 Å². The largest absolute Gasteiger partial charge is 0.338 e. The summed E-state index contributed by atoms with van der Waals surface area (Å²) >= 11 is 0. The van der Waals surface area contributed by atoms with E-state index in [4.69, 9.17) is 5.73 Å². The van der Waals surface area contributed by atoms with Crippen molar-refractivity contribution in [3.05, 3.63) is 24.0 Å². The van der Waals surface area contributed by atoms with Crippen LogP contribution in [0.3, 0.4) is 0 Å². The number of hydrogen-bond acceptors (Lipinski definition) is 4. The van der Waals surface area contributed by atoms with Crippen LogP contribution in [0.25, 0.3) is 0 Å². The van der Waals surface area contributed by atoms with Crippen molar-refractivity contribution in [3.8, 4) is 0 Å². The zero-order valence-electron chi connectivity index (χ0n) is 10.5. The first-order valence-corrected chi connectivity index (χ1v) is 5.91. The molecule has 5 nitrogen and oxygen atoms in total. The molecule has 0 spiro atoms. The van der Waals surface area contributed by atoms with Crippen molar-refractivity contribution in [2.75, 3.05) is 19.6 Å². The fourth-order valence-corrected chi connectivity index (χ4v) is 1.60. The molecular formula is C12H20N4O. The highest BCUT2D eigenvalue weighted by Gasteiger charge is 2.16. The summed E-state index contributed by atoms with van der Waals surface area (Å²) in [7, 11) is 0. The molecule has 0 radical (unpaired) electrons. The maximum Gasteiger partial charge on any atom is 0.255 e. The predicted molar refractivity (Wildman–Crippen MR) is 66.4 cm³/mol. The number of hydrogen-bond donors (Lipinski definition) is 1. The van der Waals surface area contributed by atoms with Gasteiger partial charge in [-0.05, 0) is 24.9 Å². The van der Waals surface area contributed by atoms with Gasteiger partial charge in [-0.15, -0.1) is 0 Å². The SMILES string of the molecule is CC(C)CN(CCCN)C(=O)c1ccnnc1. The van der Waals surface area contributed by atoms with Crippen molar-refractivity contribution in [1.29, 1.82) is 0 Å². The highest BCUT2D eigenvalue weighted by Crippen LogP contribution is 2.06. The number of aromatic nitrogens is 2. The van der Waals surface area contributed by atoms with E-state index in [1.165, 1.54) is 12.4 Å². The van der Waals surface area contributed by atoms with Crippen LogP contribution in [-0.2, 0) is 0 Å². The zero-order valence-corrected chi connectivity index (χ0v) is 10.5. The van der Waals surface area contributed by atoms with Crippen LogP contribution in [0, 0.1) is 5.92 Å². The lowest BCUT2D eigenvalue weighted by atomic mass is 10.1. The molecule has 1 rings (SSSR count). The minimum atomic E-state index is 0.00190. The Hall–Kier alpha value is -1.49. The van der Waals surface area contributed by atoms with E-state index in [-0.39, 0.29) is 5.91 Å². The number of carbonyl (C=O) groups excluding carboxylic acids is 1. The molecule has 17 heavy (non-hydrogen) atoms. The number of amides is 1. The van der Waals surface area contributed by atoms with Gasteiger partial charge in [0, 0.05) is 13.1 Å². The molecule has 0 saturated heterocycles. The molecule has 0 fully saturated rings. The third-order valence-corrected chi connectivity index (χ3v) is 2.34. The molecule has 1 amide bonds. The van der Waals surface area contributed by atoms with Crippen LogP contribution in [-0.4, -0.2) is 40.6 Å². The second-order valence-corrected chi connectivity index (χ2v) is 4.42. The highest BCUT2D eigenvalue weighted by molar-refractivity contribution is 5.93. The number of rotatable bonds is 6. The molecule has 2 N–H and O–H groups in total. The average molecular weight is 236 g/mol.